The number of benzene rings is 1. The third kappa shape index (κ3) is 3.59. The summed E-state index contributed by atoms with van der Waals surface area (Å²) in [4.78, 5) is 17.1. The number of carbonyl (C=O) groups excluding carboxylic acids is 1. The second kappa shape index (κ2) is 7.04. The maximum atomic E-state index is 13.1. The molecule has 7 nitrogen and oxygen atoms in total. The molecule has 1 fully saturated rings. The smallest absolute Gasteiger partial charge is 0.248 e. The Morgan fingerprint density at radius 3 is 2.46 bits per heavy atom. The largest absolute Gasteiger partial charge is 0.338 e. The second-order valence-corrected chi connectivity index (χ2v) is 6.15. The van der Waals surface area contributed by atoms with E-state index in [1.807, 2.05) is 11.9 Å². The normalized spacial score (nSPS) is 17.0. The lowest BCUT2D eigenvalue weighted by Crippen LogP contribution is -2.49. The Balaban J connectivity index is 1.83. The standard InChI is InChI=1S/C16H21FN6O/c1-12-18-19-20-23(12)15(11-13-3-5-14(17)6-4-13)16(24)22-9-7-21(2)8-10-22/h3-6,15H,7-11H2,1-2H3/t15-/m0/s1. The number of aryl methyl sites for hydroxylation is 1. The first kappa shape index (κ1) is 16.5. The molecule has 0 N–H and O–H groups in total. The van der Waals surface area contributed by atoms with E-state index in [0.717, 1.165) is 18.7 Å². The zero-order valence-corrected chi connectivity index (χ0v) is 13.9. The summed E-state index contributed by atoms with van der Waals surface area (Å²) in [5.41, 5.74) is 0.874. The maximum absolute atomic E-state index is 13.1. The number of carbonyl (C=O) groups is 1. The highest BCUT2D eigenvalue weighted by molar-refractivity contribution is 5.81. The van der Waals surface area contributed by atoms with Gasteiger partial charge in [0.05, 0.1) is 0 Å². The first-order chi connectivity index (χ1) is 11.5. The Hall–Kier alpha value is -2.35. The van der Waals surface area contributed by atoms with Gasteiger partial charge in [0.1, 0.15) is 17.7 Å². The van der Waals surface area contributed by atoms with Crippen LogP contribution in [0.5, 0.6) is 0 Å². The molecule has 24 heavy (non-hydrogen) atoms. The molecule has 1 aliphatic heterocycles. The van der Waals surface area contributed by atoms with Gasteiger partial charge in [-0.25, -0.2) is 9.07 Å². The minimum Gasteiger partial charge on any atom is -0.338 e. The van der Waals surface area contributed by atoms with E-state index in [-0.39, 0.29) is 11.7 Å². The van der Waals surface area contributed by atoms with Gasteiger partial charge in [-0.2, -0.15) is 0 Å². The Morgan fingerprint density at radius 1 is 1.21 bits per heavy atom. The van der Waals surface area contributed by atoms with Gasteiger partial charge in [0.2, 0.25) is 5.91 Å². The van der Waals surface area contributed by atoms with Gasteiger partial charge in [0.15, 0.2) is 0 Å². The molecule has 1 aliphatic rings. The number of halogens is 1. The number of rotatable bonds is 4. The second-order valence-electron chi connectivity index (χ2n) is 6.15. The minimum atomic E-state index is -0.520. The van der Waals surface area contributed by atoms with E-state index < -0.39 is 6.04 Å². The van der Waals surface area contributed by atoms with Gasteiger partial charge in [-0.3, -0.25) is 4.79 Å². The van der Waals surface area contributed by atoms with Crippen LogP contribution in [0.4, 0.5) is 4.39 Å². The fourth-order valence-electron chi connectivity index (χ4n) is 2.89. The van der Waals surface area contributed by atoms with Crippen molar-refractivity contribution in [3.8, 4) is 0 Å². The van der Waals surface area contributed by atoms with Crippen molar-refractivity contribution < 1.29 is 9.18 Å². The number of aromatic nitrogens is 4. The average Bonchev–Trinajstić information content (AvgIpc) is 3.00. The van der Waals surface area contributed by atoms with E-state index in [9.17, 15) is 9.18 Å². The number of amides is 1. The lowest BCUT2D eigenvalue weighted by atomic mass is 10.0. The SMILES string of the molecule is Cc1nnnn1[C@@H](Cc1ccc(F)cc1)C(=O)N1CCN(C)CC1. The fraction of sp³-hybridized carbons (Fsp3) is 0.500. The molecule has 2 heterocycles. The Morgan fingerprint density at radius 2 is 1.88 bits per heavy atom. The highest BCUT2D eigenvalue weighted by atomic mass is 19.1. The van der Waals surface area contributed by atoms with Crippen LogP contribution in [-0.2, 0) is 11.2 Å². The van der Waals surface area contributed by atoms with Crippen LogP contribution >= 0.6 is 0 Å². The van der Waals surface area contributed by atoms with E-state index in [2.05, 4.69) is 20.4 Å². The lowest BCUT2D eigenvalue weighted by Gasteiger charge is -2.34. The number of tetrazole rings is 1. The van der Waals surface area contributed by atoms with E-state index >= 15 is 0 Å². The van der Waals surface area contributed by atoms with E-state index in [0.29, 0.717) is 25.3 Å². The Bertz CT molecular complexity index is 693. The molecule has 0 unspecified atom stereocenters. The van der Waals surface area contributed by atoms with Crippen molar-refractivity contribution in [3.05, 3.63) is 41.5 Å². The van der Waals surface area contributed by atoms with Gasteiger partial charge in [0.25, 0.3) is 0 Å². The Labute approximate surface area is 140 Å². The third-order valence-corrected chi connectivity index (χ3v) is 4.39. The quantitative estimate of drug-likeness (QED) is 0.824. The molecule has 2 aromatic rings. The van der Waals surface area contributed by atoms with Crippen molar-refractivity contribution in [2.24, 2.45) is 0 Å². The van der Waals surface area contributed by atoms with Crippen LogP contribution in [0, 0.1) is 12.7 Å². The van der Waals surface area contributed by atoms with Crippen molar-refractivity contribution in [2.75, 3.05) is 33.2 Å². The number of hydrogen-bond acceptors (Lipinski definition) is 5. The van der Waals surface area contributed by atoms with Crippen LogP contribution in [0.3, 0.4) is 0 Å². The molecule has 1 saturated heterocycles. The summed E-state index contributed by atoms with van der Waals surface area (Å²) >= 11 is 0. The van der Waals surface area contributed by atoms with Crippen LogP contribution in [0.15, 0.2) is 24.3 Å². The molecule has 1 aromatic carbocycles. The number of hydrogen-bond donors (Lipinski definition) is 0. The molecule has 0 spiro atoms. The molecule has 1 atom stereocenters. The predicted octanol–water partition coefficient (Wildman–Crippen LogP) is 0.678. The molecule has 0 radical (unpaired) electrons. The molecule has 128 valence electrons. The summed E-state index contributed by atoms with van der Waals surface area (Å²) in [5, 5.41) is 11.5. The van der Waals surface area contributed by atoms with Gasteiger partial charge in [0, 0.05) is 32.6 Å². The summed E-state index contributed by atoms with van der Waals surface area (Å²) in [6.07, 6.45) is 0.428. The van der Waals surface area contributed by atoms with Crippen LogP contribution < -0.4 is 0 Å². The van der Waals surface area contributed by atoms with Crippen LogP contribution in [-0.4, -0.2) is 69.1 Å². The third-order valence-electron chi connectivity index (χ3n) is 4.39. The number of nitrogens with zero attached hydrogens (tertiary/aromatic N) is 6. The topological polar surface area (TPSA) is 67.2 Å². The number of likely N-dealkylation sites (N-methyl/N-ethyl adjacent to an activating group) is 1. The molecule has 0 bridgehead atoms. The molecule has 3 rings (SSSR count). The molecule has 1 amide bonds. The predicted molar refractivity (Wildman–Crippen MR) is 85.8 cm³/mol. The van der Waals surface area contributed by atoms with Crippen LogP contribution in [0.25, 0.3) is 0 Å². The highest BCUT2D eigenvalue weighted by Crippen LogP contribution is 2.19. The summed E-state index contributed by atoms with van der Waals surface area (Å²) in [6.45, 7) is 4.86. The summed E-state index contributed by atoms with van der Waals surface area (Å²) in [5.74, 6) is 0.298. The van der Waals surface area contributed by atoms with Gasteiger partial charge < -0.3 is 9.80 Å². The molecule has 1 aromatic heterocycles. The van der Waals surface area contributed by atoms with E-state index in [4.69, 9.17) is 0 Å². The monoisotopic (exact) mass is 332 g/mol. The highest BCUT2D eigenvalue weighted by Gasteiger charge is 2.30. The molecule has 8 heteroatoms. The molecule has 0 aliphatic carbocycles. The van der Waals surface area contributed by atoms with Crippen molar-refractivity contribution in [3.63, 3.8) is 0 Å². The Kier molecular flexibility index (Phi) is 4.84. The van der Waals surface area contributed by atoms with Gasteiger partial charge in [-0.1, -0.05) is 12.1 Å². The van der Waals surface area contributed by atoms with E-state index in [1.54, 1.807) is 23.7 Å². The van der Waals surface area contributed by atoms with Crippen LogP contribution in [0.1, 0.15) is 17.4 Å². The zero-order chi connectivity index (χ0) is 17.1. The van der Waals surface area contributed by atoms with Crippen molar-refractivity contribution in [1.29, 1.82) is 0 Å². The molecular formula is C16H21FN6O. The van der Waals surface area contributed by atoms with E-state index in [1.165, 1.54) is 12.1 Å². The van der Waals surface area contributed by atoms with Gasteiger partial charge >= 0.3 is 0 Å². The zero-order valence-electron chi connectivity index (χ0n) is 13.9. The lowest BCUT2D eigenvalue weighted by molar-refractivity contribution is -0.136. The first-order valence-corrected chi connectivity index (χ1v) is 8.01. The van der Waals surface area contributed by atoms with Gasteiger partial charge in [-0.15, -0.1) is 5.10 Å². The number of piperazine rings is 1. The van der Waals surface area contributed by atoms with Gasteiger partial charge in [-0.05, 0) is 42.1 Å². The van der Waals surface area contributed by atoms with Crippen molar-refractivity contribution in [2.45, 2.75) is 19.4 Å². The van der Waals surface area contributed by atoms with Crippen molar-refractivity contribution >= 4 is 5.91 Å². The van der Waals surface area contributed by atoms with Crippen LogP contribution in [0.2, 0.25) is 0 Å². The maximum Gasteiger partial charge on any atom is 0.248 e. The summed E-state index contributed by atoms with van der Waals surface area (Å²) < 4.78 is 14.7. The summed E-state index contributed by atoms with van der Waals surface area (Å²) in [6, 6.07) is 5.67. The minimum absolute atomic E-state index is 0.00262. The average molecular weight is 332 g/mol. The summed E-state index contributed by atoms with van der Waals surface area (Å²) in [7, 11) is 2.04. The first-order valence-electron chi connectivity index (χ1n) is 8.01. The molecule has 0 saturated carbocycles. The van der Waals surface area contributed by atoms with Crippen molar-refractivity contribution in [1.82, 2.24) is 30.0 Å². The molecular weight excluding hydrogens is 311 g/mol. The fourth-order valence-corrected chi connectivity index (χ4v) is 2.89.